The van der Waals surface area contributed by atoms with E-state index in [1.807, 2.05) is 28.0 Å². The number of benzene rings is 1. The lowest BCUT2D eigenvalue weighted by Gasteiger charge is -2.31. The van der Waals surface area contributed by atoms with Gasteiger partial charge in [0.25, 0.3) is 0 Å². The molecule has 1 saturated carbocycles. The monoisotopic (exact) mass is 356 g/mol. The molecule has 2 fully saturated rings. The second kappa shape index (κ2) is 7.68. The molecule has 1 aliphatic carbocycles. The van der Waals surface area contributed by atoms with Crippen molar-refractivity contribution >= 4 is 11.8 Å². The first-order valence-electron chi connectivity index (χ1n) is 10.0. The van der Waals surface area contributed by atoms with Gasteiger partial charge < -0.3 is 14.5 Å². The summed E-state index contributed by atoms with van der Waals surface area (Å²) in [6, 6.07) is 8.02. The molecule has 140 valence electrons. The average Bonchev–Trinajstić information content (AvgIpc) is 2.98. The smallest absolute Gasteiger partial charge is 0.226 e. The highest BCUT2D eigenvalue weighted by molar-refractivity contribution is 5.81. The summed E-state index contributed by atoms with van der Waals surface area (Å²) in [7, 11) is 0. The maximum absolute atomic E-state index is 13.1. The summed E-state index contributed by atoms with van der Waals surface area (Å²) in [5.41, 5.74) is 1.12. The molecule has 0 spiro atoms. The van der Waals surface area contributed by atoms with Crippen LogP contribution in [-0.4, -0.2) is 54.4 Å². The Labute approximate surface area is 155 Å². The molecule has 5 heteroatoms. The highest BCUT2D eigenvalue weighted by Crippen LogP contribution is 2.30. The molecule has 1 saturated heterocycles. The lowest BCUT2D eigenvalue weighted by molar-refractivity contribution is -0.139. The predicted molar refractivity (Wildman–Crippen MR) is 98.9 cm³/mol. The Morgan fingerprint density at radius 1 is 0.846 bits per heavy atom. The van der Waals surface area contributed by atoms with Gasteiger partial charge in [0.05, 0.1) is 6.61 Å². The van der Waals surface area contributed by atoms with E-state index in [0.717, 1.165) is 56.5 Å². The molecule has 2 aliphatic heterocycles. The van der Waals surface area contributed by atoms with Crippen LogP contribution in [0, 0.1) is 11.8 Å². The number of carbonyl (C=O) groups is 2. The minimum atomic E-state index is -0.0208. The summed E-state index contributed by atoms with van der Waals surface area (Å²) in [5, 5.41) is 0. The number of ether oxygens (including phenoxy) is 1. The van der Waals surface area contributed by atoms with E-state index in [9.17, 15) is 9.59 Å². The molecule has 2 heterocycles. The van der Waals surface area contributed by atoms with Crippen LogP contribution in [0.25, 0.3) is 0 Å². The number of carbonyl (C=O) groups excluding carboxylic acids is 2. The van der Waals surface area contributed by atoms with E-state index in [-0.39, 0.29) is 17.7 Å². The first-order chi connectivity index (χ1) is 12.7. The van der Waals surface area contributed by atoms with Gasteiger partial charge in [0.1, 0.15) is 5.75 Å². The quantitative estimate of drug-likeness (QED) is 0.818. The molecule has 0 bridgehead atoms. The minimum absolute atomic E-state index is 0.0208. The third-order valence-electron chi connectivity index (χ3n) is 6.09. The highest BCUT2D eigenvalue weighted by Gasteiger charge is 2.32. The summed E-state index contributed by atoms with van der Waals surface area (Å²) < 4.78 is 5.81. The maximum Gasteiger partial charge on any atom is 0.226 e. The van der Waals surface area contributed by atoms with Gasteiger partial charge in [-0.2, -0.15) is 0 Å². The molecular formula is C21H28N2O3. The Hall–Kier alpha value is -2.04. The molecule has 4 rings (SSSR count). The Bertz CT molecular complexity index is 671. The second-order valence-corrected chi connectivity index (χ2v) is 7.78. The van der Waals surface area contributed by atoms with Crippen molar-refractivity contribution in [3.8, 4) is 5.75 Å². The molecule has 0 radical (unpaired) electrons. The summed E-state index contributed by atoms with van der Waals surface area (Å²) in [6.45, 7) is 3.48. The number of nitrogens with zero attached hydrogens (tertiary/aromatic N) is 2. The molecule has 5 nitrogen and oxygen atoms in total. The molecule has 0 aromatic heterocycles. The number of amides is 2. The molecular weight excluding hydrogens is 328 g/mol. The van der Waals surface area contributed by atoms with Gasteiger partial charge in [-0.1, -0.05) is 24.6 Å². The van der Waals surface area contributed by atoms with Crippen LogP contribution in [0.5, 0.6) is 5.75 Å². The fourth-order valence-corrected chi connectivity index (χ4v) is 4.23. The zero-order valence-corrected chi connectivity index (χ0v) is 15.4. The van der Waals surface area contributed by atoms with Gasteiger partial charge in [-0.05, 0) is 43.7 Å². The lowest BCUT2D eigenvalue weighted by atomic mass is 9.84. The molecule has 2 amide bonds. The summed E-state index contributed by atoms with van der Waals surface area (Å²) in [6.07, 6.45) is 5.65. The topological polar surface area (TPSA) is 49.9 Å². The highest BCUT2D eigenvalue weighted by atomic mass is 16.5. The van der Waals surface area contributed by atoms with E-state index in [4.69, 9.17) is 4.74 Å². The minimum Gasteiger partial charge on any atom is -0.493 e. The Morgan fingerprint density at radius 2 is 1.54 bits per heavy atom. The summed E-state index contributed by atoms with van der Waals surface area (Å²) in [5.74, 6) is 1.67. The van der Waals surface area contributed by atoms with Gasteiger partial charge in [-0.3, -0.25) is 9.59 Å². The van der Waals surface area contributed by atoms with Crippen molar-refractivity contribution in [1.29, 1.82) is 0 Å². The fourth-order valence-electron chi connectivity index (χ4n) is 4.23. The van der Waals surface area contributed by atoms with Gasteiger partial charge in [-0.15, -0.1) is 0 Å². The normalized spacial score (nSPS) is 23.9. The zero-order chi connectivity index (χ0) is 17.9. The van der Waals surface area contributed by atoms with Crippen LogP contribution < -0.4 is 4.74 Å². The molecule has 1 aromatic rings. The Balaban J connectivity index is 1.38. The van der Waals surface area contributed by atoms with Crippen molar-refractivity contribution in [3.63, 3.8) is 0 Å². The van der Waals surface area contributed by atoms with Gasteiger partial charge in [0.15, 0.2) is 0 Å². The third-order valence-corrected chi connectivity index (χ3v) is 6.09. The maximum atomic E-state index is 13.1. The van der Waals surface area contributed by atoms with Gasteiger partial charge in [0.2, 0.25) is 11.8 Å². The van der Waals surface area contributed by atoms with Crippen LogP contribution >= 0.6 is 0 Å². The zero-order valence-electron chi connectivity index (χ0n) is 15.4. The largest absolute Gasteiger partial charge is 0.493 e. The average molecular weight is 356 g/mol. The van der Waals surface area contributed by atoms with Gasteiger partial charge in [0, 0.05) is 38.0 Å². The second-order valence-electron chi connectivity index (χ2n) is 7.78. The predicted octanol–water partition coefficient (Wildman–Crippen LogP) is 2.49. The lowest BCUT2D eigenvalue weighted by Crippen LogP contribution is -2.43. The van der Waals surface area contributed by atoms with E-state index < -0.39 is 0 Å². The van der Waals surface area contributed by atoms with Crippen LogP contribution in [0.1, 0.15) is 37.7 Å². The number of para-hydroxylation sites is 1. The SMILES string of the molecule is O=C(C1CCC1)N1CCCN(C(=O)C2CCOc3ccccc3C2)CC1. The van der Waals surface area contributed by atoms with Crippen molar-refractivity contribution in [3.05, 3.63) is 29.8 Å². The molecule has 3 aliphatic rings. The Kier molecular flexibility index (Phi) is 5.14. The van der Waals surface area contributed by atoms with Gasteiger partial charge in [-0.25, -0.2) is 0 Å². The van der Waals surface area contributed by atoms with E-state index in [1.54, 1.807) is 0 Å². The van der Waals surface area contributed by atoms with Crippen molar-refractivity contribution in [2.75, 3.05) is 32.8 Å². The first-order valence-corrected chi connectivity index (χ1v) is 10.0. The first kappa shape index (κ1) is 17.4. The van der Waals surface area contributed by atoms with Crippen LogP contribution in [0.2, 0.25) is 0 Å². The van der Waals surface area contributed by atoms with E-state index in [1.165, 1.54) is 6.42 Å². The number of hydrogen-bond donors (Lipinski definition) is 0. The van der Waals surface area contributed by atoms with Crippen LogP contribution in [-0.2, 0) is 16.0 Å². The fraction of sp³-hybridized carbons (Fsp3) is 0.619. The van der Waals surface area contributed by atoms with E-state index >= 15 is 0 Å². The molecule has 1 atom stereocenters. The van der Waals surface area contributed by atoms with Crippen LogP contribution in [0.15, 0.2) is 24.3 Å². The van der Waals surface area contributed by atoms with Crippen LogP contribution in [0.4, 0.5) is 0 Å². The van der Waals surface area contributed by atoms with Crippen molar-refractivity contribution < 1.29 is 14.3 Å². The number of hydrogen-bond acceptors (Lipinski definition) is 3. The van der Waals surface area contributed by atoms with Crippen LogP contribution in [0.3, 0.4) is 0 Å². The number of rotatable bonds is 2. The van der Waals surface area contributed by atoms with E-state index in [2.05, 4.69) is 6.07 Å². The standard InChI is InChI=1S/C21H28N2O3/c24-20(16-6-3-7-16)22-10-4-11-23(13-12-22)21(25)18-9-14-26-19-8-2-1-5-17(19)15-18/h1-2,5,8,16,18H,3-4,6-7,9-15H2. The Morgan fingerprint density at radius 3 is 2.23 bits per heavy atom. The molecule has 26 heavy (non-hydrogen) atoms. The molecule has 0 N–H and O–H groups in total. The molecule has 1 unspecified atom stereocenters. The van der Waals surface area contributed by atoms with E-state index in [0.29, 0.717) is 25.6 Å². The van der Waals surface area contributed by atoms with Gasteiger partial charge >= 0.3 is 0 Å². The summed E-state index contributed by atoms with van der Waals surface area (Å²) in [4.78, 5) is 29.6. The summed E-state index contributed by atoms with van der Waals surface area (Å²) >= 11 is 0. The van der Waals surface area contributed by atoms with Crippen molar-refractivity contribution in [2.45, 2.75) is 38.5 Å². The number of fused-ring (bicyclic) bond motifs is 1. The van der Waals surface area contributed by atoms with Crippen molar-refractivity contribution in [2.24, 2.45) is 11.8 Å². The third kappa shape index (κ3) is 3.57. The molecule has 1 aromatic carbocycles. The van der Waals surface area contributed by atoms with Crippen molar-refractivity contribution in [1.82, 2.24) is 9.80 Å².